The molecule has 198 valence electrons. The summed E-state index contributed by atoms with van der Waals surface area (Å²) in [4.78, 5) is 5.00. The van der Waals surface area contributed by atoms with E-state index < -0.39 is 17.2 Å². The molecule has 0 radical (unpaired) electrons. The highest BCUT2D eigenvalue weighted by Gasteiger charge is 2.42. The molecule has 4 rings (SSSR count). The molecule has 36 heavy (non-hydrogen) atoms. The molecule has 2 heterocycles. The number of nitrogens with one attached hydrogen (secondary N) is 1. The van der Waals surface area contributed by atoms with Gasteiger partial charge in [0.25, 0.3) is 0 Å². The topological polar surface area (TPSA) is 27.7 Å². The van der Waals surface area contributed by atoms with Gasteiger partial charge in [0.15, 0.2) is 0 Å². The number of rotatable bonds is 8. The highest BCUT2D eigenvalue weighted by atomic mass is 35.5. The van der Waals surface area contributed by atoms with Crippen molar-refractivity contribution in [3.8, 4) is 0 Å². The summed E-state index contributed by atoms with van der Waals surface area (Å²) in [7, 11) is 1.96. The van der Waals surface area contributed by atoms with Crippen molar-refractivity contribution < 1.29 is 17.9 Å². The number of hydrogen-bond donors (Lipinski definition) is 1. The summed E-state index contributed by atoms with van der Waals surface area (Å²) in [6.07, 6.45) is -0.636. The van der Waals surface area contributed by atoms with Gasteiger partial charge in [0.2, 0.25) is 0 Å². The van der Waals surface area contributed by atoms with Gasteiger partial charge in [0.1, 0.15) is 0 Å². The summed E-state index contributed by atoms with van der Waals surface area (Å²) in [5.74, 6) is 0. The van der Waals surface area contributed by atoms with E-state index >= 15 is 0 Å². The first-order valence-electron chi connectivity index (χ1n) is 12.6. The van der Waals surface area contributed by atoms with Crippen LogP contribution in [0.4, 0.5) is 13.2 Å². The third kappa shape index (κ3) is 6.20. The summed E-state index contributed by atoms with van der Waals surface area (Å²) in [5.41, 5.74) is 0.384. The van der Waals surface area contributed by atoms with E-state index in [1.165, 1.54) is 12.1 Å². The van der Waals surface area contributed by atoms with Crippen LogP contribution in [-0.4, -0.2) is 69.0 Å². The van der Waals surface area contributed by atoms with Crippen molar-refractivity contribution in [2.45, 2.75) is 43.4 Å². The Kier molecular flexibility index (Phi) is 9.23. The first-order chi connectivity index (χ1) is 17.2. The smallest absolute Gasteiger partial charge is 0.379 e. The molecule has 4 nitrogen and oxygen atoms in total. The summed E-state index contributed by atoms with van der Waals surface area (Å²) < 4.78 is 46.5. The average molecular weight is 544 g/mol. The molecule has 0 aromatic heterocycles. The standard InChI is InChI=1S/C27H34Cl2F3N3O/c1-33-11-3-6-25(35-14-16-36-17-15-35)34-12-9-26(10-13-34,21-7-8-23(28)24(29)19-21)20-4-2-5-22(18-20)27(30,31)32/h2,4-5,7-8,18-19,25,33H,3,6,9-17H2,1H3. The molecule has 2 saturated heterocycles. The summed E-state index contributed by atoms with van der Waals surface area (Å²) >= 11 is 12.6. The molecular formula is C27H34Cl2F3N3O. The van der Waals surface area contributed by atoms with Crippen LogP contribution >= 0.6 is 23.2 Å². The minimum Gasteiger partial charge on any atom is -0.379 e. The lowest BCUT2D eigenvalue weighted by molar-refractivity contribution is -0.137. The van der Waals surface area contributed by atoms with E-state index in [0.29, 0.717) is 28.5 Å². The van der Waals surface area contributed by atoms with Gasteiger partial charge in [-0.2, -0.15) is 13.2 Å². The van der Waals surface area contributed by atoms with Crippen molar-refractivity contribution in [1.82, 2.24) is 15.1 Å². The van der Waals surface area contributed by atoms with Crippen LogP contribution < -0.4 is 5.32 Å². The van der Waals surface area contributed by atoms with Crippen LogP contribution in [0.15, 0.2) is 42.5 Å². The second-order valence-corrected chi connectivity index (χ2v) is 10.5. The van der Waals surface area contributed by atoms with Crippen molar-refractivity contribution in [1.29, 1.82) is 0 Å². The largest absolute Gasteiger partial charge is 0.416 e. The molecule has 2 aliphatic heterocycles. The summed E-state index contributed by atoms with van der Waals surface area (Å²) in [6.45, 7) is 5.75. The normalized spacial score (nSPS) is 20.4. The molecular weight excluding hydrogens is 510 g/mol. The van der Waals surface area contributed by atoms with Crippen molar-refractivity contribution in [3.63, 3.8) is 0 Å². The molecule has 0 spiro atoms. The highest BCUT2D eigenvalue weighted by molar-refractivity contribution is 6.42. The number of nitrogens with zero attached hydrogens (tertiary/aromatic N) is 2. The minimum atomic E-state index is -4.40. The minimum absolute atomic E-state index is 0.288. The number of alkyl halides is 3. The Labute approximate surface area is 221 Å². The summed E-state index contributed by atoms with van der Waals surface area (Å²) in [5, 5.41) is 4.09. The van der Waals surface area contributed by atoms with Crippen LogP contribution in [0.3, 0.4) is 0 Å². The van der Waals surface area contributed by atoms with Gasteiger partial charge >= 0.3 is 6.18 Å². The Morgan fingerprint density at radius 2 is 1.61 bits per heavy atom. The van der Waals surface area contributed by atoms with Gasteiger partial charge in [-0.15, -0.1) is 0 Å². The average Bonchev–Trinajstić information content (AvgIpc) is 2.88. The molecule has 0 bridgehead atoms. The van der Waals surface area contributed by atoms with E-state index in [9.17, 15) is 13.2 Å². The first kappa shape index (κ1) is 27.7. The molecule has 1 unspecified atom stereocenters. The zero-order valence-electron chi connectivity index (χ0n) is 20.6. The molecule has 9 heteroatoms. The van der Waals surface area contributed by atoms with Crippen molar-refractivity contribution in [2.24, 2.45) is 0 Å². The molecule has 2 fully saturated rings. The van der Waals surface area contributed by atoms with Crippen molar-refractivity contribution in [3.05, 3.63) is 69.2 Å². The summed E-state index contributed by atoms with van der Waals surface area (Å²) in [6, 6.07) is 11.3. The van der Waals surface area contributed by atoms with Gasteiger partial charge in [0, 0.05) is 31.6 Å². The predicted octanol–water partition coefficient (Wildman–Crippen LogP) is 6.05. The van der Waals surface area contributed by atoms with E-state index in [0.717, 1.165) is 70.4 Å². The lowest BCUT2D eigenvalue weighted by Gasteiger charge is -2.48. The van der Waals surface area contributed by atoms with Crippen molar-refractivity contribution >= 4 is 23.2 Å². The molecule has 0 aliphatic carbocycles. The zero-order chi connectivity index (χ0) is 25.8. The van der Waals surface area contributed by atoms with E-state index in [2.05, 4.69) is 15.1 Å². The second-order valence-electron chi connectivity index (χ2n) is 9.70. The Morgan fingerprint density at radius 1 is 0.944 bits per heavy atom. The molecule has 0 amide bonds. The fourth-order valence-electron chi connectivity index (χ4n) is 5.67. The maximum absolute atomic E-state index is 13.6. The van der Waals surface area contributed by atoms with Gasteiger partial charge in [-0.1, -0.05) is 47.5 Å². The lowest BCUT2D eigenvalue weighted by Crippen LogP contribution is -2.56. The molecule has 1 atom stereocenters. The maximum atomic E-state index is 13.6. The third-order valence-electron chi connectivity index (χ3n) is 7.64. The Balaban J connectivity index is 1.65. The number of ether oxygens (including phenoxy) is 1. The molecule has 2 aromatic carbocycles. The van der Waals surface area contributed by atoms with Gasteiger partial charge in [-0.25, -0.2) is 0 Å². The maximum Gasteiger partial charge on any atom is 0.416 e. The fraction of sp³-hybridized carbons (Fsp3) is 0.556. The SMILES string of the molecule is CNCCCC(N1CCOCC1)N1CCC(c2cccc(C(F)(F)F)c2)(c2ccc(Cl)c(Cl)c2)CC1. The van der Waals surface area contributed by atoms with Crippen LogP contribution in [0, 0.1) is 0 Å². The monoisotopic (exact) mass is 543 g/mol. The highest BCUT2D eigenvalue weighted by Crippen LogP contribution is 2.45. The number of hydrogen-bond acceptors (Lipinski definition) is 4. The molecule has 2 aliphatic rings. The predicted molar refractivity (Wildman–Crippen MR) is 139 cm³/mol. The van der Waals surface area contributed by atoms with E-state index in [1.807, 2.05) is 25.2 Å². The van der Waals surface area contributed by atoms with Gasteiger partial charge in [0.05, 0.1) is 35.0 Å². The number of morpholine rings is 1. The van der Waals surface area contributed by atoms with Crippen LogP contribution in [0.5, 0.6) is 0 Å². The fourth-order valence-corrected chi connectivity index (χ4v) is 5.97. The van der Waals surface area contributed by atoms with Gasteiger partial charge < -0.3 is 10.1 Å². The molecule has 2 aromatic rings. The van der Waals surface area contributed by atoms with Crippen LogP contribution in [0.25, 0.3) is 0 Å². The number of halogens is 5. The van der Waals surface area contributed by atoms with Gasteiger partial charge in [-0.3, -0.25) is 9.80 Å². The first-order valence-corrected chi connectivity index (χ1v) is 13.3. The Bertz CT molecular complexity index is 1010. The zero-order valence-corrected chi connectivity index (χ0v) is 22.1. The third-order valence-corrected chi connectivity index (χ3v) is 8.38. The number of piperidine rings is 1. The Morgan fingerprint density at radius 3 is 2.25 bits per heavy atom. The lowest BCUT2D eigenvalue weighted by atomic mass is 9.67. The molecule has 1 N–H and O–H groups in total. The number of likely N-dealkylation sites (tertiary alicyclic amines) is 1. The second kappa shape index (κ2) is 12.0. The van der Waals surface area contributed by atoms with E-state index in [4.69, 9.17) is 27.9 Å². The molecule has 0 saturated carbocycles. The van der Waals surface area contributed by atoms with Crippen LogP contribution in [0.1, 0.15) is 42.4 Å². The van der Waals surface area contributed by atoms with E-state index in [1.54, 1.807) is 6.07 Å². The Hall–Kier alpha value is -1.35. The number of benzene rings is 2. The van der Waals surface area contributed by atoms with Crippen molar-refractivity contribution in [2.75, 3.05) is 53.0 Å². The van der Waals surface area contributed by atoms with Crippen LogP contribution in [-0.2, 0) is 16.3 Å². The van der Waals surface area contributed by atoms with Gasteiger partial charge in [-0.05, 0) is 68.6 Å². The van der Waals surface area contributed by atoms with Crippen LogP contribution in [0.2, 0.25) is 10.0 Å². The quantitative estimate of drug-likeness (QED) is 0.410. The van der Waals surface area contributed by atoms with E-state index in [-0.39, 0.29) is 6.17 Å².